The van der Waals surface area contributed by atoms with Crippen LogP contribution in [0.1, 0.15) is 45.1 Å². The molecule has 33 heavy (non-hydrogen) atoms. The summed E-state index contributed by atoms with van der Waals surface area (Å²) in [6.07, 6.45) is 5.78. The molecular weight excluding hydrogens is 422 g/mol. The van der Waals surface area contributed by atoms with E-state index < -0.39 is 6.04 Å². The third-order valence-electron chi connectivity index (χ3n) is 6.38. The number of likely N-dealkylation sites (tertiary alicyclic amines) is 1. The lowest BCUT2D eigenvalue weighted by Gasteiger charge is -2.29. The highest BCUT2D eigenvalue weighted by molar-refractivity contribution is 6.05. The molecule has 8 heteroatoms. The summed E-state index contributed by atoms with van der Waals surface area (Å²) in [7, 11) is 1.58. The van der Waals surface area contributed by atoms with Crippen LogP contribution in [0.4, 0.5) is 0 Å². The molecule has 8 nitrogen and oxygen atoms in total. The normalized spacial score (nSPS) is 20.4. The van der Waals surface area contributed by atoms with Crippen molar-refractivity contribution < 1.29 is 23.9 Å². The van der Waals surface area contributed by atoms with Crippen LogP contribution in [0.3, 0.4) is 0 Å². The first-order valence-electron chi connectivity index (χ1n) is 11.6. The van der Waals surface area contributed by atoms with Gasteiger partial charge in [0.1, 0.15) is 11.8 Å². The Balaban J connectivity index is 1.70. The first kappa shape index (κ1) is 24.5. The molecule has 1 aromatic rings. The number of nitrogens with zero attached hydrogens (tertiary/aromatic N) is 2. The fourth-order valence-corrected chi connectivity index (χ4v) is 4.35. The minimum Gasteiger partial charge on any atom is -0.497 e. The zero-order valence-corrected chi connectivity index (χ0v) is 19.6. The third kappa shape index (κ3) is 5.61. The van der Waals surface area contributed by atoms with E-state index in [-0.39, 0.29) is 55.0 Å². The molecule has 1 aliphatic heterocycles. The molecule has 0 saturated carbocycles. The molecule has 3 atom stereocenters. The van der Waals surface area contributed by atoms with Gasteiger partial charge in [-0.1, -0.05) is 31.2 Å². The Labute approximate surface area is 194 Å². The number of hydrogen-bond donors (Lipinski definition) is 1. The van der Waals surface area contributed by atoms with E-state index in [9.17, 15) is 19.2 Å². The van der Waals surface area contributed by atoms with Gasteiger partial charge in [0.25, 0.3) is 0 Å². The predicted octanol–water partition coefficient (Wildman–Crippen LogP) is 2.28. The standard InChI is InChI=1S/C25H33N3O5/c1-4-14-26-23(30)17(2)28(16-18-9-11-19(33-3)12-10-18)22(29)13-15-27-24(31)20-7-5-6-8-21(20)25(27)32/h5-6,9-12,17,20-21H,4,7-8,13-16H2,1-3H3,(H,26,30)/t17-,20-,21+/m1/s1. The maximum absolute atomic E-state index is 13.2. The zero-order chi connectivity index (χ0) is 24.0. The number of methoxy groups -OCH3 is 1. The number of imide groups is 1. The Bertz CT molecular complexity index is 885. The molecule has 178 valence electrons. The van der Waals surface area contributed by atoms with E-state index >= 15 is 0 Å². The van der Waals surface area contributed by atoms with E-state index in [0.717, 1.165) is 12.0 Å². The highest BCUT2D eigenvalue weighted by atomic mass is 16.5. The molecule has 0 bridgehead atoms. The van der Waals surface area contributed by atoms with Gasteiger partial charge in [-0.2, -0.15) is 0 Å². The monoisotopic (exact) mass is 455 g/mol. The number of carbonyl (C=O) groups is 4. The van der Waals surface area contributed by atoms with Crippen molar-refractivity contribution in [3.05, 3.63) is 42.0 Å². The summed E-state index contributed by atoms with van der Waals surface area (Å²) in [5, 5.41) is 2.84. The van der Waals surface area contributed by atoms with Gasteiger partial charge in [0, 0.05) is 26.1 Å². The molecule has 3 rings (SSSR count). The van der Waals surface area contributed by atoms with Crippen molar-refractivity contribution in [3.8, 4) is 5.75 Å². The fourth-order valence-electron chi connectivity index (χ4n) is 4.35. The van der Waals surface area contributed by atoms with E-state index in [1.165, 1.54) is 9.80 Å². The SMILES string of the molecule is CCCNC(=O)[C@@H](C)N(Cc1ccc(OC)cc1)C(=O)CCN1C(=O)[C@H]2CC=CC[C@H]2C1=O. The van der Waals surface area contributed by atoms with Gasteiger partial charge in [-0.25, -0.2) is 0 Å². The van der Waals surface area contributed by atoms with Crippen LogP contribution in [0.2, 0.25) is 0 Å². The molecule has 1 fully saturated rings. The molecule has 0 spiro atoms. The molecule has 2 aliphatic rings. The van der Waals surface area contributed by atoms with Crippen LogP contribution in [0.5, 0.6) is 5.75 Å². The number of allylic oxidation sites excluding steroid dienone is 2. The number of fused-ring (bicyclic) bond motifs is 1. The summed E-state index contributed by atoms with van der Waals surface area (Å²) >= 11 is 0. The van der Waals surface area contributed by atoms with Crippen LogP contribution in [0.15, 0.2) is 36.4 Å². The van der Waals surface area contributed by atoms with Crippen LogP contribution in [0.25, 0.3) is 0 Å². The number of benzene rings is 1. The fraction of sp³-hybridized carbons (Fsp3) is 0.520. The largest absolute Gasteiger partial charge is 0.497 e. The van der Waals surface area contributed by atoms with E-state index in [1.54, 1.807) is 26.2 Å². The second kappa shape index (κ2) is 11.1. The highest BCUT2D eigenvalue weighted by Crippen LogP contribution is 2.35. The first-order valence-corrected chi connectivity index (χ1v) is 11.6. The van der Waals surface area contributed by atoms with Crippen molar-refractivity contribution >= 4 is 23.6 Å². The minimum atomic E-state index is -0.692. The van der Waals surface area contributed by atoms with Crippen molar-refractivity contribution in [2.24, 2.45) is 11.8 Å². The second-order valence-corrected chi connectivity index (χ2v) is 8.57. The number of rotatable bonds is 10. The van der Waals surface area contributed by atoms with Crippen molar-refractivity contribution in [1.29, 1.82) is 0 Å². The molecule has 1 heterocycles. The molecule has 4 amide bonds. The molecule has 0 radical (unpaired) electrons. The summed E-state index contributed by atoms with van der Waals surface area (Å²) < 4.78 is 5.19. The van der Waals surface area contributed by atoms with Gasteiger partial charge < -0.3 is 15.0 Å². The van der Waals surface area contributed by atoms with Gasteiger partial charge >= 0.3 is 0 Å². The Morgan fingerprint density at radius 3 is 2.27 bits per heavy atom. The average Bonchev–Trinajstić information content (AvgIpc) is 3.08. The van der Waals surface area contributed by atoms with Crippen molar-refractivity contribution in [1.82, 2.24) is 15.1 Å². The van der Waals surface area contributed by atoms with Crippen LogP contribution >= 0.6 is 0 Å². The number of carbonyl (C=O) groups excluding carboxylic acids is 4. The van der Waals surface area contributed by atoms with Crippen molar-refractivity contribution in [3.63, 3.8) is 0 Å². The van der Waals surface area contributed by atoms with Crippen LogP contribution in [-0.4, -0.2) is 59.7 Å². The number of amides is 4. The average molecular weight is 456 g/mol. The Morgan fingerprint density at radius 1 is 1.12 bits per heavy atom. The summed E-state index contributed by atoms with van der Waals surface area (Å²) in [5.41, 5.74) is 0.852. The van der Waals surface area contributed by atoms with Gasteiger partial charge in [0.15, 0.2) is 0 Å². The van der Waals surface area contributed by atoms with Crippen LogP contribution in [0, 0.1) is 11.8 Å². The minimum absolute atomic E-state index is 0.0219. The summed E-state index contributed by atoms with van der Waals surface area (Å²) in [6, 6.07) is 6.61. The van der Waals surface area contributed by atoms with E-state index in [0.29, 0.717) is 25.1 Å². The topological polar surface area (TPSA) is 96.0 Å². The van der Waals surface area contributed by atoms with E-state index in [1.807, 2.05) is 31.2 Å². The third-order valence-corrected chi connectivity index (χ3v) is 6.38. The zero-order valence-electron chi connectivity index (χ0n) is 19.6. The maximum Gasteiger partial charge on any atom is 0.242 e. The predicted molar refractivity (Wildman–Crippen MR) is 123 cm³/mol. The number of ether oxygens (including phenoxy) is 1. The molecule has 1 aromatic carbocycles. The van der Waals surface area contributed by atoms with E-state index in [2.05, 4.69) is 5.32 Å². The molecule has 1 aliphatic carbocycles. The Morgan fingerprint density at radius 2 is 1.73 bits per heavy atom. The number of hydrogen-bond acceptors (Lipinski definition) is 5. The summed E-state index contributed by atoms with van der Waals surface area (Å²) in [4.78, 5) is 54.0. The van der Waals surface area contributed by atoms with Gasteiger partial charge in [-0.15, -0.1) is 0 Å². The van der Waals surface area contributed by atoms with Gasteiger partial charge in [0.05, 0.1) is 18.9 Å². The molecule has 0 aromatic heterocycles. The smallest absolute Gasteiger partial charge is 0.242 e. The van der Waals surface area contributed by atoms with Crippen molar-refractivity contribution in [2.75, 3.05) is 20.2 Å². The molecule has 1 saturated heterocycles. The lowest BCUT2D eigenvalue weighted by atomic mass is 9.85. The second-order valence-electron chi connectivity index (χ2n) is 8.57. The molecular formula is C25H33N3O5. The van der Waals surface area contributed by atoms with Crippen molar-refractivity contribution in [2.45, 2.75) is 52.1 Å². The Hall–Kier alpha value is -3.16. The molecule has 1 N–H and O–H groups in total. The highest BCUT2D eigenvalue weighted by Gasteiger charge is 2.47. The lowest BCUT2D eigenvalue weighted by molar-refractivity contribution is -0.143. The maximum atomic E-state index is 13.2. The van der Waals surface area contributed by atoms with Gasteiger partial charge in [-0.05, 0) is 43.9 Å². The van der Waals surface area contributed by atoms with Gasteiger partial charge in [0.2, 0.25) is 23.6 Å². The number of nitrogens with one attached hydrogen (secondary N) is 1. The first-order chi connectivity index (χ1) is 15.9. The van der Waals surface area contributed by atoms with Crippen LogP contribution in [-0.2, 0) is 25.7 Å². The van der Waals surface area contributed by atoms with E-state index in [4.69, 9.17) is 4.74 Å². The summed E-state index contributed by atoms with van der Waals surface area (Å²) in [5.74, 6) is -0.830. The summed E-state index contributed by atoms with van der Waals surface area (Å²) in [6.45, 7) is 4.45. The quantitative estimate of drug-likeness (QED) is 0.431. The van der Waals surface area contributed by atoms with Crippen LogP contribution < -0.4 is 10.1 Å². The molecule has 0 unspecified atom stereocenters. The Kier molecular flexibility index (Phi) is 8.25. The lowest BCUT2D eigenvalue weighted by Crippen LogP contribution is -2.48. The van der Waals surface area contributed by atoms with Gasteiger partial charge in [-0.3, -0.25) is 24.1 Å².